The number of methoxy groups -OCH3 is 1. The van der Waals surface area contributed by atoms with E-state index in [4.69, 9.17) is 4.74 Å². The van der Waals surface area contributed by atoms with Crippen molar-refractivity contribution in [2.24, 2.45) is 5.92 Å². The highest BCUT2D eigenvalue weighted by Gasteiger charge is 2.22. The van der Waals surface area contributed by atoms with Crippen molar-refractivity contribution in [3.63, 3.8) is 0 Å². The fourth-order valence-electron chi connectivity index (χ4n) is 2.39. The molecule has 0 radical (unpaired) electrons. The summed E-state index contributed by atoms with van der Waals surface area (Å²) in [6.45, 7) is 3.91. The molecule has 0 aliphatic rings. The van der Waals surface area contributed by atoms with Gasteiger partial charge in [-0.1, -0.05) is 38.1 Å². The average Bonchev–Trinajstić information content (AvgIpc) is 2.52. The Labute approximate surface area is 136 Å². The van der Waals surface area contributed by atoms with E-state index < -0.39 is 12.0 Å². The van der Waals surface area contributed by atoms with Gasteiger partial charge in [0.1, 0.15) is 6.04 Å². The average molecular weight is 314 g/mol. The Morgan fingerprint density at radius 3 is 2.61 bits per heavy atom. The van der Waals surface area contributed by atoms with Crippen LogP contribution >= 0.6 is 0 Å². The minimum atomic E-state index is -0.722. The molecule has 1 aromatic carbocycles. The van der Waals surface area contributed by atoms with Crippen LogP contribution in [-0.2, 0) is 20.7 Å². The van der Waals surface area contributed by atoms with Crippen LogP contribution < -0.4 is 5.32 Å². The second-order valence-corrected chi connectivity index (χ2v) is 5.94. The van der Waals surface area contributed by atoms with Crippen LogP contribution in [0.3, 0.4) is 0 Å². The number of ether oxygens (including phenoxy) is 1. The van der Waals surface area contributed by atoms with Gasteiger partial charge < -0.3 is 10.1 Å². The van der Waals surface area contributed by atoms with Crippen LogP contribution in [0.15, 0.2) is 36.4 Å². The highest BCUT2D eigenvalue weighted by atomic mass is 16.5. The topological polar surface area (TPSA) is 68.3 Å². The monoisotopic (exact) mass is 314 g/mol. The molecule has 1 aromatic heterocycles. The van der Waals surface area contributed by atoms with Gasteiger partial charge in [0.25, 0.3) is 0 Å². The molecule has 1 amide bonds. The van der Waals surface area contributed by atoms with E-state index in [2.05, 4.69) is 10.3 Å². The Balaban J connectivity index is 2.15. The number of hydrogen-bond donors (Lipinski definition) is 1. The first-order valence-corrected chi connectivity index (χ1v) is 7.71. The number of benzene rings is 1. The lowest BCUT2D eigenvalue weighted by Crippen LogP contribution is -2.43. The first kappa shape index (κ1) is 16.9. The maximum atomic E-state index is 11.9. The first-order valence-electron chi connectivity index (χ1n) is 7.71. The third-order valence-corrected chi connectivity index (χ3v) is 3.48. The summed E-state index contributed by atoms with van der Waals surface area (Å²) in [7, 11) is 1.32. The molecule has 5 heteroatoms. The van der Waals surface area contributed by atoms with Gasteiger partial charge in [0.15, 0.2) is 0 Å². The fraction of sp³-hybridized carbons (Fsp3) is 0.389. The molecule has 0 aliphatic carbocycles. The van der Waals surface area contributed by atoms with Crippen molar-refractivity contribution in [3.05, 3.63) is 42.1 Å². The molecule has 23 heavy (non-hydrogen) atoms. The zero-order valence-electron chi connectivity index (χ0n) is 13.7. The van der Waals surface area contributed by atoms with Crippen LogP contribution in [0.2, 0.25) is 0 Å². The van der Waals surface area contributed by atoms with Crippen molar-refractivity contribution in [1.29, 1.82) is 0 Å². The number of hydrogen-bond acceptors (Lipinski definition) is 4. The molecule has 5 nitrogen and oxygen atoms in total. The summed E-state index contributed by atoms with van der Waals surface area (Å²) in [6, 6.07) is 10.9. The zero-order chi connectivity index (χ0) is 16.8. The van der Waals surface area contributed by atoms with Gasteiger partial charge in [0, 0.05) is 23.9 Å². The first-order chi connectivity index (χ1) is 11.0. The standard InChI is InChI=1S/C18H22N2O3/c1-12(2)10-17(21)20-16(18(22)23-3)11-14-9-8-13-6-4-5-7-15(13)19-14/h4-9,12,16H,10-11H2,1-3H3,(H,20,21)/t16-/m1/s1. The van der Waals surface area contributed by atoms with Crippen molar-refractivity contribution in [2.45, 2.75) is 32.7 Å². The van der Waals surface area contributed by atoms with E-state index in [0.717, 1.165) is 16.6 Å². The number of carbonyl (C=O) groups excluding carboxylic acids is 2. The van der Waals surface area contributed by atoms with Crippen molar-refractivity contribution in [3.8, 4) is 0 Å². The van der Waals surface area contributed by atoms with E-state index in [1.807, 2.05) is 50.2 Å². The van der Waals surface area contributed by atoms with Crippen LogP contribution in [0.4, 0.5) is 0 Å². The summed E-state index contributed by atoms with van der Waals surface area (Å²) < 4.78 is 4.80. The zero-order valence-corrected chi connectivity index (χ0v) is 13.7. The molecule has 0 aliphatic heterocycles. The van der Waals surface area contributed by atoms with Gasteiger partial charge in [-0.3, -0.25) is 9.78 Å². The Morgan fingerprint density at radius 1 is 1.17 bits per heavy atom. The molecule has 122 valence electrons. The van der Waals surface area contributed by atoms with Crippen molar-refractivity contribution in [2.75, 3.05) is 7.11 Å². The summed E-state index contributed by atoms with van der Waals surface area (Å²) >= 11 is 0. The predicted molar refractivity (Wildman–Crippen MR) is 88.8 cm³/mol. The predicted octanol–water partition coefficient (Wildman–Crippen LogP) is 2.48. The molecule has 1 heterocycles. The highest BCUT2D eigenvalue weighted by molar-refractivity contribution is 5.85. The molecule has 1 atom stereocenters. The normalized spacial score (nSPS) is 12.2. The Kier molecular flexibility index (Phi) is 5.68. The van der Waals surface area contributed by atoms with E-state index in [1.54, 1.807) is 0 Å². The van der Waals surface area contributed by atoms with Crippen LogP contribution in [0, 0.1) is 5.92 Å². The second kappa shape index (κ2) is 7.72. The smallest absolute Gasteiger partial charge is 0.328 e. The summed E-state index contributed by atoms with van der Waals surface area (Å²) in [5.41, 5.74) is 1.60. The summed E-state index contributed by atoms with van der Waals surface area (Å²) in [6.07, 6.45) is 0.681. The lowest BCUT2D eigenvalue weighted by Gasteiger charge is -2.17. The van der Waals surface area contributed by atoms with Gasteiger partial charge >= 0.3 is 5.97 Å². The third kappa shape index (κ3) is 4.77. The molecule has 0 saturated carbocycles. The van der Waals surface area contributed by atoms with Crippen molar-refractivity contribution in [1.82, 2.24) is 10.3 Å². The molecule has 0 bridgehead atoms. The number of nitrogens with one attached hydrogen (secondary N) is 1. The molecule has 0 unspecified atom stereocenters. The maximum Gasteiger partial charge on any atom is 0.328 e. The van der Waals surface area contributed by atoms with E-state index in [0.29, 0.717) is 12.8 Å². The number of fused-ring (bicyclic) bond motifs is 1. The Hall–Kier alpha value is -2.43. The van der Waals surface area contributed by atoms with Gasteiger partial charge in [-0.15, -0.1) is 0 Å². The number of para-hydroxylation sites is 1. The molecule has 2 aromatic rings. The number of pyridine rings is 1. The van der Waals surface area contributed by atoms with Crippen molar-refractivity contribution < 1.29 is 14.3 Å². The fourth-order valence-corrected chi connectivity index (χ4v) is 2.39. The molecule has 2 rings (SSSR count). The van der Waals surface area contributed by atoms with Crippen LogP contribution in [0.5, 0.6) is 0 Å². The largest absolute Gasteiger partial charge is 0.467 e. The lowest BCUT2D eigenvalue weighted by molar-refractivity contribution is -0.145. The third-order valence-electron chi connectivity index (χ3n) is 3.48. The number of esters is 1. The van der Waals surface area contributed by atoms with Gasteiger partial charge in [-0.25, -0.2) is 4.79 Å². The van der Waals surface area contributed by atoms with Gasteiger partial charge in [0.05, 0.1) is 12.6 Å². The minimum absolute atomic E-state index is 0.156. The summed E-state index contributed by atoms with van der Waals surface area (Å²) in [5, 5.41) is 3.78. The minimum Gasteiger partial charge on any atom is -0.467 e. The molecule has 0 saturated heterocycles. The van der Waals surface area contributed by atoms with Gasteiger partial charge in [0.2, 0.25) is 5.91 Å². The Morgan fingerprint density at radius 2 is 1.91 bits per heavy atom. The van der Waals surface area contributed by atoms with Crippen molar-refractivity contribution >= 4 is 22.8 Å². The van der Waals surface area contributed by atoms with Crippen LogP contribution in [-0.4, -0.2) is 30.0 Å². The SMILES string of the molecule is COC(=O)[C@@H](Cc1ccc2ccccc2n1)NC(=O)CC(C)C. The number of aromatic nitrogens is 1. The number of amides is 1. The van der Waals surface area contributed by atoms with E-state index in [1.165, 1.54) is 7.11 Å². The molecule has 0 fully saturated rings. The Bertz CT molecular complexity index is 697. The lowest BCUT2D eigenvalue weighted by atomic mass is 10.1. The number of carbonyl (C=O) groups is 2. The quantitative estimate of drug-likeness (QED) is 0.832. The van der Waals surface area contributed by atoms with Crippen LogP contribution in [0.1, 0.15) is 26.0 Å². The van der Waals surface area contributed by atoms with E-state index >= 15 is 0 Å². The number of nitrogens with zero attached hydrogens (tertiary/aromatic N) is 1. The van der Waals surface area contributed by atoms with Gasteiger partial charge in [-0.2, -0.15) is 0 Å². The second-order valence-electron chi connectivity index (χ2n) is 5.94. The molecular formula is C18H22N2O3. The van der Waals surface area contributed by atoms with E-state index in [-0.39, 0.29) is 11.8 Å². The molecular weight excluding hydrogens is 292 g/mol. The van der Waals surface area contributed by atoms with Crippen LogP contribution in [0.25, 0.3) is 10.9 Å². The summed E-state index contributed by atoms with van der Waals surface area (Å²) in [5.74, 6) is -0.389. The number of rotatable bonds is 6. The van der Waals surface area contributed by atoms with Gasteiger partial charge in [-0.05, 0) is 18.1 Å². The molecule has 1 N–H and O–H groups in total. The maximum absolute atomic E-state index is 11.9. The van der Waals surface area contributed by atoms with E-state index in [9.17, 15) is 9.59 Å². The summed E-state index contributed by atoms with van der Waals surface area (Å²) in [4.78, 5) is 28.4. The molecule has 0 spiro atoms. The highest BCUT2D eigenvalue weighted by Crippen LogP contribution is 2.13.